The fourth-order valence-corrected chi connectivity index (χ4v) is 0.775. The van der Waals surface area contributed by atoms with E-state index in [4.69, 9.17) is 5.26 Å². The van der Waals surface area contributed by atoms with Crippen molar-refractivity contribution in [3.63, 3.8) is 0 Å². The molecular weight excluding hydrogens is 214 g/mol. The van der Waals surface area contributed by atoms with E-state index in [0.29, 0.717) is 0 Å². The summed E-state index contributed by atoms with van der Waals surface area (Å²) in [5.41, 5.74) is -0.587. The molecule has 0 heterocycles. The number of hydrogen-bond acceptors (Lipinski definition) is 2. The minimum Gasteiger partial charge on any atom is -0.497 e. The minimum atomic E-state index is -1.75. The number of hydrogen-bond donors (Lipinski definition) is 0. The van der Waals surface area contributed by atoms with Crippen LogP contribution in [-0.4, -0.2) is 14.0 Å². The van der Waals surface area contributed by atoms with Crippen molar-refractivity contribution in [2.45, 2.75) is 0 Å². The number of halogens is 4. The zero-order chi connectivity index (χ0) is 11.8. The Hall–Kier alpha value is -1.77. The van der Waals surface area contributed by atoms with Gasteiger partial charge in [0.05, 0.1) is 7.11 Å². The van der Waals surface area contributed by atoms with Crippen molar-refractivity contribution >= 4 is 0 Å². The van der Waals surface area contributed by atoms with E-state index in [1.54, 1.807) is 0 Å². The van der Waals surface area contributed by atoms with Gasteiger partial charge in [0, 0.05) is 12.1 Å². The van der Waals surface area contributed by atoms with Gasteiger partial charge in [0.25, 0.3) is 0 Å². The van der Waals surface area contributed by atoms with E-state index in [1.807, 2.05) is 0 Å². The SMILES string of the molecule is COc1cc(F)c(C#N)c(F)c1.FCF. The summed E-state index contributed by atoms with van der Waals surface area (Å²) in [6.45, 7) is -1.75. The second-order valence-electron chi connectivity index (χ2n) is 2.18. The van der Waals surface area contributed by atoms with E-state index in [1.165, 1.54) is 13.2 Å². The molecule has 1 aromatic carbocycles. The average molecular weight is 221 g/mol. The lowest BCUT2D eigenvalue weighted by Gasteiger charge is -2.00. The van der Waals surface area contributed by atoms with E-state index in [0.717, 1.165) is 12.1 Å². The van der Waals surface area contributed by atoms with Crippen molar-refractivity contribution in [2.75, 3.05) is 14.0 Å². The molecule has 0 radical (unpaired) electrons. The summed E-state index contributed by atoms with van der Waals surface area (Å²) in [6, 6.07) is 3.33. The molecule has 0 aliphatic heterocycles. The number of ether oxygens (including phenoxy) is 1. The first kappa shape index (κ1) is 13.2. The van der Waals surface area contributed by atoms with Crippen molar-refractivity contribution in [3.05, 3.63) is 29.3 Å². The molecule has 0 amide bonds. The molecule has 0 fully saturated rings. The number of rotatable bonds is 1. The van der Waals surface area contributed by atoms with Crippen LogP contribution in [0.25, 0.3) is 0 Å². The Bertz CT molecular complexity index is 339. The lowest BCUT2D eigenvalue weighted by atomic mass is 10.2. The third-order valence-electron chi connectivity index (χ3n) is 1.36. The Morgan fingerprint density at radius 3 is 1.93 bits per heavy atom. The van der Waals surface area contributed by atoms with Crippen LogP contribution < -0.4 is 4.74 Å². The van der Waals surface area contributed by atoms with Gasteiger partial charge in [-0.05, 0) is 0 Å². The minimum absolute atomic E-state index is 0.0593. The largest absolute Gasteiger partial charge is 0.497 e. The summed E-state index contributed by atoms with van der Waals surface area (Å²) < 4.78 is 49.3. The van der Waals surface area contributed by atoms with Gasteiger partial charge in [0.1, 0.15) is 29.0 Å². The predicted octanol–water partition coefficient (Wildman–Crippen LogP) is 2.73. The summed E-state index contributed by atoms with van der Waals surface area (Å²) >= 11 is 0. The number of alkyl halides is 2. The van der Waals surface area contributed by atoms with Crippen LogP contribution in [0.15, 0.2) is 12.1 Å². The lowest BCUT2D eigenvalue weighted by molar-refractivity contribution is 0.295. The van der Waals surface area contributed by atoms with E-state index in [2.05, 4.69) is 4.74 Å². The Balaban J connectivity index is 0.000000583. The molecule has 0 saturated carbocycles. The van der Waals surface area contributed by atoms with Gasteiger partial charge in [-0.25, -0.2) is 17.6 Å². The number of nitriles is 1. The predicted molar refractivity (Wildman–Crippen MR) is 44.7 cm³/mol. The monoisotopic (exact) mass is 221 g/mol. The van der Waals surface area contributed by atoms with E-state index >= 15 is 0 Å². The Morgan fingerprint density at radius 2 is 1.67 bits per heavy atom. The summed E-state index contributed by atoms with van der Waals surface area (Å²) in [5, 5.41) is 8.29. The second-order valence-corrected chi connectivity index (χ2v) is 2.18. The molecule has 15 heavy (non-hydrogen) atoms. The number of nitrogens with zero attached hydrogens (tertiary/aromatic N) is 1. The van der Waals surface area contributed by atoms with Crippen molar-refractivity contribution in [1.82, 2.24) is 0 Å². The number of methoxy groups -OCH3 is 1. The van der Waals surface area contributed by atoms with Gasteiger partial charge in [-0.15, -0.1) is 0 Å². The highest BCUT2D eigenvalue weighted by atomic mass is 19.3. The highest BCUT2D eigenvalue weighted by Crippen LogP contribution is 2.19. The topological polar surface area (TPSA) is 33.0 Å². The molecule has 0 atom stereocenters. The maximum Gasteiger partial charge on any atom is 0.229 e. The fraction of sp³-hybridized carbons (Fsp3) is 0.222. The maximum atomic E-state index is 12.8. The van der Waals surface area contributed by atoms with Crippen LogP contribution in [0.5, 0.6) is 5.75 Å². The normalized spacial score (nSPS) is 8.53. The number of benzene rings is 1. The van der Waals surface area contributed by atoms with Crippen LogP contribution in [0.3, 0.4) is 0 Å². The Kier molecular flexibility index (Phi) is 5.86. The first-order valence-corrected chi connectivity index (χ1v) is 3.65. The van der Waals surface area contributed by atoms with E-state index < -0.39 is 24.1 Å². The molecule has 2 nitrogen and oxygen atoms in total. The Labute approximate surface area is 83.7 Å². The molecule has 0 bridgehead atoms. The molecule has 0 unspecified atom stereocenters. The van der Waals surface area contributed by atoms with Gasteiger partial charge in [0.2, 0.25) is 6.93 Å². The molecule has 0 N–H and O–H groups in total. The summed E-state index contributed by atoms with van der Waals surface area (Å²) in [4.78, 5) is 0. The van der Waals surface area contributed by atoms with Crippen molar-refractivity contribution in [1.29, 1.82) is 5.26 Å². The first-order chi connectivity index (χ1) is 7.10. The highest BCUT2D eigenvalue weighted by molar-refractivity contribution is 5.37. The molecule has 1 aromatic rings. The van der Waals surface area contributed by atoms with Gasteiger partial charge in [-0.3, -0.25) is 0 Å². The molecule has 0 aliphatic carbocycles. The van der Waals surface area contributed by atoms with E-state index in [-0.39, 0.29) is 5.75 Å². The molecule has 0 spiro atoms. The van der Waals surface area contributed by atoms with Crippen LogP contribution in [0.4, 0.5) is 17.6 Å². The zero-order valence-electron chi connectivity index (χ0n) is 7.73. The molecule has 1 rings (SSSR count). The lowest BCUT2D eigenvalue weighted by Crippen LogP contribution is -1.92. The molecule has 0 aromatic heterocycles. The fourth-order valence-electron chi connectivity index (χ4n) is 0.775. The van der Waals surface area contributed by atoms with Crippen molar-refractivity contribution in [2.24, 2.45) is 0 Å². The van der Waals surface area contributed by atoms with Crippen LogP contribution >= 0.6 is 0 Å². The molecule has 6 heteroatoms. The van der Waals surface area contributed by atoms with Gasteiger partial charge in [-0.1, -0.05) is 0 Å². The maximum absolute atomic E-state index is 12.8. The smallest absolute Gasteiger partial charge is 0.229 e. The van der Waals surface area contributed by atoms with Crippen LogP contribution in [0.2, 0.25) is 0 Å². The standard InChI is InChI=1S/C8H5F2NO.CH2F2/c1-12-5-2-7(9)6(4-11)8(10)3-5;2-1-3/h2-3H,1H3;1H2. The Morgan fingerprint density at radius 1 is 1.27 bits per heavy atom. The van der Waals surface area contributed by atoms with Crippen LogP contribution in [-0.2, 0) is 0 Å². The quantitative estimate of drug-likeness (QED) is 0.683. The van der Waals surface area contributed by atoms with Gasteiger partial charge in [0.15, 0.2) is 0 Å². The third kappa shape index (κ3) is 3.85. The summed E-state index contributed by atoms with van der Waals surface area (Å²) in [6.07, 6.45) is 0. The average Bonchev–Trinajstić information content (AvgIpc) is 2.18. The van der Waals surface area contributed by atoms with Crippen molar-refractivity contribution in [3.8, 4) is 11.8 Å². The second kappa shape index (κ2) is 6.65. The molecule has 0 saturated heterocycles. The molecule has 0 aliphatic rings. The summed E-state index contributed by atoms with van der Waals surface area (Å²) in [5.74, 6) is -1.76. The first-order valence-electron chi connectivity index (χ1n) is 3.65. The van der Waals surface area contributed by atoms with Crippen LogP contribution in [0.1, 0.15) is 5.56 Å². The summed E-state index contributed by atoms with van der Waals surface area (Å²) in [7, 11) is 1.29. The molecular formula is C9H7F4NO. The van der Waals surface area contributed by atoms with Gasteiger partial charge < -0.3 is 4.74 Å². The van der Waals surface area contributed by atoms with Crippen LogP contribution in [0, 0.1) is 23.0 Å². The van der Waals surface area contributed by atoms with E-state index in [9.17, 15) is 17.6 Å². The van der Waals surface area contributed by atoms with Gasteiger partial charge in [-0.2, -0.15) is 5.26 Å². The zero-order valence-corrected chi connectivity index (χ0v) is 7.73. The van der Waals surface area contributed by atoms with Gasteiger partial charge >= 0.3 is 0 Å². The molecule has 82 valence electrons. The third-order valence-corrected chi connectivity index (χ3v) is 1.36. The highest BCUT2D eigenvalue weighted by Gasteiger charge is 2.10. The van der Waals surface area contributed by atoms with Crippen molar-refractivity contribution < 1.29 is 22.3 Å².